The number of halogens is 1. The third-order valence-corrected chi connectivity index (χ3v) is 3.56. The summed E-state index contributed by atoms with van der Waals surface area (Å²) in [5, 5.41) is 4.40. The highest BCUT2D eigenvalue weighted by molar-refractivity contribution is 6.30. The van der Waals surface area contributed by atoms with Gasteiger partial charge in [0.25, 0.3) is 0 Å². The number of amides is 1. The van der Waals surface area contributed by atoms with E-state index in [4.69, 9.17) is 16.3 Å². The molecule has 9 heteroatoms. The van der Waals surface area contributed by atoms with Gasteiger partial charge in [0.15, 0.2) is 0 Å². The number of rotatable bonds is 4. The fraction of sp³-hybridized carbons (Fsp3) is 0.462. The minimum absolute atomic E-state index is 0.00387. The standard InChI is InChI=1S/C13H15ClN6O2/c14-10-4-16-13(17-5-10)22-11-2-1-3-19(6-11)12(21)7-20-9-15-8-18-20/h4-5,8-9,11H,1-3,6-7H2/t11-/m0/s1. The Hall–Kier alpha value is -2.22. The molecule has 1 saturated heterocycles. The van der Waals surface area contributed by atoms with Gasteiger partial charge in [0.2, 0.25) is 5.91 Å². The van der Waals surface area contributed by atoms with Gasteiger partial charge >= 0.3 is 6.01 Å². The largest absolute Gasteiger partial charge is 0.458 e. The number of aromatic nitrogens is 5. The van der Waals surface area contributed by atoms with Crippen LogP contribution in [-0.4, -0.2) is 54.7 Å². The van der Waals surface area contributed by atoms with E-state index in [1.54, 1.807) is 4.90 Å². The molecule has 0 bridgehead atoms. The molecular formula is C13H15ClN6O2. The fourth-order valence-corrected chi connectivity index (χ4v) is 2.42. The first-order valence-corrected chi connectivity index (χ1v) is 7.33. The van der Waals surface area contributed by atoms with Gasteiger partial charge in [-0.15, -0.1) is 0 Å². The molecule has 22 heavy (non-hydrogen) atoms. The Morgan fingerprint density at radius 2 is 2.23 bits per heavy atom. The van der Waals surface area contributed by atoms with Crippen LogP contribution >= 0.6 is 11.6 Å². The molecule has 2 aromatic heterocycles. The number of nitrogens with zero attached hydrogens (tertiary/aromatic N) is 6. The summed E-state index contributed by atoms with van der Waals surface area (Å²) in [5.74, 6) is -0.00387. The zero-order chi connectivity index (χ0) is 15.4. The second kappa shape index (κ2) is 6.69. The SMILES string of the molecule is O=C(Cn1cncn1)N1CCC[C@H](Oc2ncc(Cl)cn2)C1. The van der Waals surface area contributed by atoms with E-state index in [2.05, 4.69) is 20.1 Å². The Morgan fingerprint density at radius 1 is 1.41 bits per heavy atom. The summed E-state index contributed by atoms with van der Waals surface area (Å²) in [5.41, 5.74) is 0. The van der Waals surface area contributed by atoms with Crippen molar-refractivity contribution in [2.75, 3.05) is 13.1 Å². The third-order valence-electron chi connectivity index (χ3n) is 3.36. The summed E-state index contributed by atoms with van der Waals surface area (Å²) >= 11 is 5.74. The maximum atomic E-state index is 12.2. The highest BCUT2D eigenvalue weighted by atomic mass is 35.5. The fourth-order valence-electron chi connectivity index (χ4n) is 2.32. The van der Waals surface area contributed by atoms with E-state index >= 15 is 0 Å². The second-order valence-electron chi connectivity index (χ2n) is 5.00. The monoisotopic (exact) mass is 322 g/mol. The van der Waals surface area contributed by atoms with Crippen LogP contribution in [0.15, 0.2) is 25.0 Å². The van der Waals surface area contributed by atoms with Gasteiger partial charge in [-0.2, -0.15) is 5.10 Å². The minimum Gasteiger partial charge on any atom is -0.458 e. The normalized spacial score (nSPS) is 18.2. The van der Waals surface area contributed by atoms with Crippen molar-refractivity contribution >= 4 is 17.5 Å². The van der Waals surface area contributed by atoms with Gasteiger partial charge in [-0.05, 0) is 12.8 Å². The quantitative estimate of drug-likeness (QED) is 0.827. The van der Waals surface area contributed by atoms with E-state index in [1.165, 1.54) is 29.7 Å². The lowest BCUT2D eigenvalue weighted by molar-refractivity contribution is -0.134. The molecule has 0 saturated carbocycles. The van der Waals surface area contributed by atoms with Gasteiger partial charge in [0.05, 0.1) is 24.0 Å². The molecule has 8 nitrogen and oxygen atoms in total. The molecule has 3 rings (SSSR count). The van der Waals surface area contributed by atoms with Gasteiger partial charge in [-0.25, -0.2) is 19.6 Å². The maximum absolute atomic E-state index is 12.2. The predicted molar refractivity (Wildman–Crippen MR) is 77.3 cm³/mol. The van der Waals surface area contributed by atoms with Crippen LogP contribution < -0.4 is 4.74 Å². The van der Waals surface area contributed by atoms with Crippen molar-refractivity contribution < 1.29 is 9.53 Å². The smallest absolute Gasteiger partial charge is 0.316 e. The molecule has 0 aliphatic carbocycles. The zero-order valence-corrected chi connectivity index (χ0v) is 12.6. The summed E-state index contributed by atoms with van der Waals surface area (Å²) in [6.45, 7) is 1.42. The van der Waals surface area contributed by atoms with E-state index in [9.17, 15) is 4.79 Å². The Bertz CT molecular complexity index is 618. The van der Waals surface area contributed by atoms with Crippen molar-refractivity contribution in [3.8, 4) is 6.01 Å². The van der Waals surface area contributed by atoms with Gasteiger partial charge in [-0.1, -0.05) is 11.6 Å². The Labute approximate surface area is 132 Å². The molecular weight excluding hydrogens is 308 g/mol. The Balaban J connectivity index is 1.56. The molecule has 0 spiro atoms. The van der Waals surface area contributed by atoms with Crippen LogP contribution in [0.5, 0.6) is 6.01 Å². The molecule has 1 aliphatic rings. The topological polar surface area (TPSA) is 86.0 Å². The number of hydrogen-bond donors (Lipinski definition) is 0. The van der Waals surface area contributed by atoms with Crippen LogP contribution in [0.25, 0.3) is 0 Å². The maximum Gasteiger partial charge on any atom is 0.316 e. The van der Waals surface area contributed by atoms with Crippen LogP contribution in [0, 0.1) is 0 Å². The number of carbonyl (C=O) groups excluding carboxylic acids is 1. The van der Waals surface area contributed by atoms with Crippen molar-refractivity contribution in [3.05, 3.63) is 30.1 Å². The number of hydrogen-bond acceptors (Lipinski definition) is 6. The molecule has 1 amide bonds. The summed E-state index contributed by atoms with van der Waals surface area (Å²) in [6.07, 6.45) is 7.53. The van der Waals surface area contributed by atoms with Crippen molar-refractivity contribution in [2.45, 2.75) is 25.5 Å². The van der Waals surface area contributed by atoms with Crippen molar-refractivity contribution in [3.63, 3.8) is 0 Å². The van der Waals surface area contributed by atoms with Crippen LogP contribution in [0.1, 0.15) is 12.8 Å². The number of likely N-dealkylation sites (tertiary alicyclic amines) is 1. The highest BCUT2D eigenvalue weighted by Crippen LogP contribution is 2.16. The summed E-state index contributed by atoms with van der Waals surface area (Å²) in [7, 11) is 0. The third kappa shape index (κ3) is 3.70. The predicted octanol–water partition coefficient (Wildman–Crippen LogP) is 0.791. The van der Waals surface area contributed by atoms with Gasteiger partial charge in [0.1, 0.15) is 25.3 Å². The van der Waals surface area contributed by atoms with Gasteiger partial charge < -0.3 is 9.64 Å². The molecule has 1 fully saturated rings. The zero-order valence-electron chi connectivity index (χ0n) is 11.8. The molecule has 0 radical (unpaired) electrons. The number of carbonyl (C=O) groups is 1. The van der Waals surface area contributed by atoms with E-state index in [-0.39, 0.29) is 24.6 Å². The lowest BCUT2D eigenvalue weighted by Crippen LogP contribution is -2.45. The van der Waals surface area contributed by atoms with Crippen LogP contribution in [-0.2, 0) is 11.3 Å². The summed E-state index contributed by atoms with van der Waals surface area (Å²) < 4.78 is 7.23. The molecule has 0 unspecified atom stereocenters. The van der Waals surface area contributed by atoms with E-state index < -0.39 is 0 Å². The first-order chi connectivity index (χ1) is 10.7. The lowest BCUT2D eigenvalue weighted by atomic mass is 10.1. The summed E-state index contributed by atoms with van der Waals surface area (Å²) in [6, 6.07) is 0.278. The molecule has 0 N–H and O–H groups in total. The molecule has 3 heterocycles. The number of ether oxygens (including phenoxy) is 1. The first-order valence-electron chi connectivity index (χ1n) is 6.95. The van der Waals surface area contributed by atoms with Crippen LogP contribution in [0.4, 0.5) is 0 Å². The summed E-state index contributed by atoms with van der Waals surface area (Å²) in [4.78, 5) is 25.9. The van der Waals surface area contributed by atoms with E-state index in [0.29, 0.717) is 11.6 Å². The minimum atomic E-state index is -0.116. The van der Waals surface area contributed by atoms with E-state index in [1.807, 2.05) is 0 Å². The molecule has 1 aliphatic heterocycles. The average molecular weight is 323 g/mol. The van der Waals surface area contributed by atoms with Crippen molar-refractivity contribution in [1.82, 2.24) is 29.6 Å². The highest BCUT2D eigenvalue weighted by Gasteiger charge is 2.25. The Kier molecular flexibility index (Phi) is 4.47. The van der Waals surface area contributed by atoms with Crippen molar-refractivity contribution in [1.29, 1.82) is 0 Å². The van der Waals surface area contributed by atoms with Crippen LogP contribution in [0.2, 0.25) is 5.02 Å². The average Bonchev–Trinajstić information content (AvgIpc) is 3.03. The van der Waals surface area contributed by atoms with Crippen LogP contribution in [0.3, 0.4) is 0 Å². The lowest BCUT2D eigenvalue weighted by Gasteiger charge is -2.32. The molecule has 1 atom stereocenters. The molecule has 0 aromatic carbocycles. The second-order valence-corrected chi connectivity index (χ2v) is 5.44. The Morgan fingerprint density at radius 3 is 2.95 bits per heavy atom. The van der Waals surface area contributed by atoms with Crippen molar-refractivity contribution in [2.24, 2.45) is 0 Å². The van der Waals surface area contributed by atoms with Gasteiger partial charge in [0, 0.05) is 6.54 Å². The van der Waals surface area contributed by atoms with Gasteiger partial charge in [-0.3, -0.25) is 4.79 Å². The number of piperidine rings is 1. The molecule has 116 valence electrons. The molecule has 2 aromatic rings. The first kappa shape index (κ1) is 14.7. The van der Waals surface area contributed by atoms with E-state index in [0.717, 1.165) is 19.4 Å².